The predicted molar refractivity (Wildman–Crippen MR) is 116 cm³/mol. The van der Waals surface area contributed by atoms with Crippen LogP contribution in [-0.2, 0) is 9.84 Å². The summed E-state index contributed by atoms with van der Waals surface area (Å²) >= 11 is 12.2. The summed E-state index contributed by atoms with van der Waals surface area (Å²) in [4.78, 5) is 4.16. The highest BCUT2D eigenvalue weighted by atomic mass is 35.5. The van der Waals surface area contributed by atoms with Crippen molar-refractivity contribution in [2.45, 2.75) is 16.2 Å². The van der Waals surface area contributed by atoms with Gasteiger partial charge in [-0.25, -0.2) is 13.4 Å². The predicted octanol–water partition coefficient (Wildman–Crippen LogP) is 4.58. The first-order chi connectivity index (χ1) is 14.0. The molecular weight excluding hydrogens is 427 g/mol. The fourth-order valence-corrected chi connectivity index (χ4v) is 6.19. The van der Waals surface area contributed by atoms with Crippen LogP contribution in [0, 0.1) is 5.92 Å². The van der Waals surface area contributed by atoms with Crippen LogP contribution < -0.4 is 5.32 Å². The standard InChI is InChI=1S/C22H20Cl2N2O2S/c23-18-8-4-15(5-9-18)21(16-6-10-19(24)11-7-16)22(17-13-25-14-17)29(27,28)20-3-1-2-12-26-20/h1-12,17,21-22,25H,13-14H2. The topological polar surface area (TPSA) is 59.1 Å². The highest BCUT2D eigenvalue weighted by Crippen LogP contribution is 2.40. The molecule has 1 unspecified atom stereocenters. The van der Waals surface area contributed by atoms with E-state index in [0.29, 0.717) is 23.1 Å². The number of pyridine rings is 1. The number of hydrogen-bond donors (Lipinski definition) is 1. The van der Waals surface area contributed by atoms with E-state index in [0.717, 1.165) is 11.1 Å². The lowest BCUT2D eigenvalue weighted by Crippen LogP contribution is -2.53. The number of aromatic nitrogens is 1. The quantitative estimate of drug-likeness (QED) is 0.601. The van der Waals surface area contributed by atoms with E-state index in [4.69, 9.17) is 23.2 Å². The summed E-state index contributed by atoms with van der Waals surface area (Å²) in [6, 6.07) is 19.8. The molecule has 0 aliphatic carbocycles. The van der Waals surface area contributed by atoms with Crippen molar-refractivity contribution in [1.82, 2.24) is 10.3 Å². The average molecular weight is 447 g/mol. The maximum absolute atomic E-state index is 13.7. The maximum Gasteiger partial charge on any atom is 0.199 e. The molecule has 150 valence electrons. The molecule has 0 spiro atoms. The molecule has 0 bridgehead atoms. The fraction of sp³-hybridized carbons (Fsp3) is 0.227. The van der Waals surface area contributed by atoms with Crippen molar-refractivity contribution in [3.8, 4) is 0 Å². The SMILES string of the molecule is O=S(=O)(c1ccccn1)C(C1CNC1)C(c1ccc(Cl)cc1)c1ccc(Cl)cc1. The molecule has 0 amide bonds. The molecule has 1 aromatic heterocycles. The summed E-state index contributed by atoms with van der Waals surface area (Å²) in [6.45, 7) is 1.29. The second kappa shape index (κ2) is 8.44. The minimum atomic E-state index is -3.69. The van der Waals surface area contributed by atoms with Crippen molar-refractivity contribution in [2.75, 3.05) is 13.1 Å². The Balaban J connectivity index is 1.89. The molecule has 0 radical (unpaired) electrons. The van der Waals surface area contributed by atoms with Gasteiger partial charge in [-0.1, -0.05) is 53.5 Å². The van der Waals surface area contributed by atoms with E-state index in [2.05, 4.69) is 10.3 Å². The molecule has 4 rings (SSSR count). The van der Waals surface area contributed by atoms with Crippen molar-refractivity contribution in [3.63, 3.8) is 0 Å². The molecule has 4 nitrogen and oxygen atoms in total. The van der Waals surface area contributed by atoms with Gasteiger partial charge in [0.1, 0.15) is 0 Å². The van der Waals surface area contributed by atoms with Crippen LogP contribution in [0.2, 0.25) is 10.0 Å². The second-order valence-electron chi connectivity index (χ2n) is 7.18. The van der Waals surface area contributed by atoms with Crippen molar-refractivity contribution >= 4 is 33.0 Å². The highest BCUT2D eigenvalue weighted by Gasteiger charge is 2.44. The van der Waals surface area contributed by atoms with E-state index < -0.39 is 15.1 Å². The molecule has 1 saturated heterocycles. The van der Waals surface area contributed by atoms with E-state index in [9.17, 15) is 8.42 Å². The Morgan fingerprint density at radius 1 is 0.862 bits per heavy atom. The van der Waals surface area contributed by atoms with Crippen LogP contribution in [0.1, 0.15) is 17.0 Å². The van der Waals surface area contributed by atoms with Crippen molar-refractivity contribution in [1.29, 1.82) is 0 Å². The molecule has 7 heteroatoms. The largest absolute Gasteiger partial charge is 0.316 e. The summed E-state index contributed by atoms with van der Waals surface area (Å²) in [5.74, 6) is -0.401. The van der Waals surface area contributed by atoms with Gasteiger partial charge >= 0.3 is 0 Å². The van der Waals surface area contributed by atoms with Crippen molar-refractivity contribution in [3.05, 3.63) is 94.1 Å². The van der Waals surface area contributed by atoms with E-state index >= 15 is 0 Å². The number of rotatable bonds is 6. The summed E-state index contributed by atoms with van der Waals surface area (Å²) in [7, 11) is -3.69. The first-order valence-electron chi connectivity index (χ1n) is 9.33. The molecule has 2 heterocycles. The van der Waals surface area contributed by atoms with Crippen LogP contribution >= 0.6 is 23.2 Å². The van der Waals surface area contributed by atoms with Crippen molar-refractivity contribution in [2.24, 2.45) is 5.92 Å². The lowest BCUT2D eigenvalue weighted by molar-refractivity contribution is 0.315. The zero-order valence-electron chi connectivity index (χ0n) is 15.5. The van der Waals surface area contributed by atoms with Crippen LogP contribution in [0.15, 0.2) is 78.0 Å². The minimum absolute atomic E-state index is 0.0293. The van der Waals surface area contributed by atoms with E-state index in [1.165, 1.54) is 6.20 Å². The third-order valence-electron chi connectivity index (χ3n) is 5.35. The maximum atomic E-state index is 13.7. The summed E-state index contributed by atoms with van der Waals surface area (Å²) < 4.78 is 27.5. The van der Waals surface area contributed by atoms with Crippen LogP contribution in [0.5, 0.6) is 0 Å². The van der Waals surface area contributed by atoms with Gasteiger partial charge in [-0.2, -0.15) is 0 Å². The lowest BCUT2D eigenvalue weighted by atomic mass is 9.81. The zero-order chi connectivity index (χ0) is 20.4. The molecule has 1 fully saturated rings. The Bertz CT molecular complexity index is 1020. The molecule has 1 aliphatic heterocycles. The van der Waals surface area contributed by atoms with Gasteiger partial charge in [0.25, 0.3) is 0 Å². The van der Waals surface area contributed by atoms with Crippen LogP contribution in [0.4, 0.5) is 0 Å². The van der Waals surface area contributed by atoms with Gasteiger partial charge in [-0.05, 0) is 47.5 Å². The molecular formula is C22H20Cl2N2O2S. The summed E-state index contributed by atoms with van der Waals surface area (Å²) in [6.07, 6.45) is 1.52. The second-order valence-corrected chi connectivity index (χ2v) is 10.1. The lowest BCUT2D eigenvalue weighted by Gasteiger charge is -2.39. The molecule has 1 atom stereocenters. The molecule has 2 aromatic carbocycles. The normalized spacial score (nSPS) is 15.8. The summed E-state index contributed by atoms with van der Waals surface area (Å²) in [5.41, 5.74) is 1.79. The Kier molecular flexibility index (Phi) is 5.93. The van der Waals surface area contributed by atoms with Crippen molar-refractivity contribution < 1.29 is 8.42 Å². The molecule has 1 N–H and O–H groups in total. The molecule has 3 aromatic rings. The number of nitrogens with one attached hydrogen (secondary N) is 1. The van der Waals surface area contributed by atoms with Crippen LogP contribution in [0.25, 0.3) is 0 Å². The number of nitrogens with zero attached hydrogens (tertiary/aromatic N) is 1. The smallest absolute Gasteiger partial charge is 0.199 e. The van der Waals surface area contributed by atoms with Crippen LogP contribution in [-0.4, -0.2) is 31.7 Å². The van der Waals surface area contributed by atoms with Gasteiger partial charge in [-0.3, -0.25) is 0 Å². The average Bonchev–Trinajstić information content (AvgIpc) is 2.69. The van der Waals surface area contributed by atoms with Gasteiger partial charge < -0.3 is 5.32 Å². The zero-order valence-corrected chi connectivity index (χ0v) is 17.8. The Morgan fingerprint density at radius 2 is 1.41 bits per heavy atom. The van der Waals surface area contributed by atoms with Gasteiger partial charge in [0.05, 0.1) is 5.25 Å². The molecule has 1 aliphatic rings. The van der Waals surface area contributed by atoms with Gasteiger partial charge in [0.15, 0.2) is 14.9 Å². The number of sulfone groups is 1. The summed E-state index contributed by atoms with van der Waals surface area (Å²) in [5, 5.41) is 3.87. The minimum Gasteiger partial charge on any atom is -0.316 e. The highest BCUT2D eigenvalue weighted by molar-refractivity contribution is 7.92. The van der Waals surface area contributed by atoms with Gasteiger partial charge in [0, 0.05) is 41.2 Å². The fourth-order valence-electron chi connectivity index (χ4n) is 3.81. The molecule has 29 heavy (non-hydrogen) atoms. The Morgan fingerprint density at radius 3 is 1.83 bits per heavy atom. The first kappa shape index (κ1) is 20.4. The monoisotopic (exact) mass is 446 g/mol. The number of hydrogen-bond acceptors (Lipinski definition) is 4. The number of halogens is 2. The third-order valence-corrected chi connectivity index (χ3v) is 8.05. The Labute approximate surface area is 180 Å². The van der Waals surface area contributed by atoms with E-state index in [1.54, 1.807) is 42.5 Å². The number of benzene rings is 2. The third kappa shape index (κ3) is 4.19. The first-order valence-corrected chi connectivity index (χ1v) is 11.6. The molecule has 0 saturated carbocycles. The Hall–Kier alpha value is -1.92. The van der Waals surface area contributed by atoms with E-state index in [1.807, 2.05) is 24.3 Å². The van der Waals surface area contributed by atoms with Gasteiger partial charge in [0.2, 0.25) is 0 Å². The van der Waals surface area contributed by atoms with E-state index in [-0.39, 0.29) is 16.9 Å². The van der Waals surface area contributed by atoms with Crippen LogP contribution in [0.3, 0.4) is 0 Å². The van der Waals surface area contributed by atoms with Gasteiger partial charge in [-0.15, -0.1) is 0 Å².